The quantitative estimate of drug-likeness (QED) is 0.704. The number of hydrogen-bond acceptors (Lipinski definition) is 3. The van der Waals surface area contributed by atoms with E-state index in [4.69, 9.17) is 9.47 Å². The third-order valence-corrected chi connectivity index (χ3v) is 3.48. The average molecular weight is 244 g/mol. The van der Waals surface area contributed by atoms with Gasteiger partial charge in [-0.25, -0.2) is 0 Å². The predicted octanol–water partition coefficient (Wildman–Crippen LogP) is 2.95. The van der Waals surface area contributed by atoms with Crippen LogP contribution in [0.25, 0.3) is 0 Å². The Bertz CT molecular complexity index is 530. The summed E-state index contributed by atoms with van der Waals surface area (Å²) in [5, 5.41) is 0. The van der Waals surface area contributed by atoms with Gasteiger partial charge in [0, 0.05) is 18.1 Å². The van der Waals surface area contributed by atoms with E-state index in [1.54, 1.807) is 0 Å². The fraction of sp³-hybridized carbons (Fsp3) is 0.400. The van der Waals surface area contributed by atoms with Crippen LogP contribution in [-0.2, 0) is 15.1 Å². The molecule has 0 saturated carbocycles. The highest BCUT2D eigenvalue weighted by Crippen LogP contribution is 2.48. The lowest BCUT2D eigenvalue weighted by Crippen LogP contribution is -2.47. The molecule has 0 fully saturated rings. The highest BCUT2D eigenvalue weighted by atomic mass is 16.5. The number of ether oxygens (including phenoxy) is 2. The lowest BCUT2D eigenvalue weighted by molar-refractivity contribution is -0.130. The molecule has 3 rings (SSSR count). The predicted molar refractivity (Wildman–Crippen MR) is 67.3 cm³/mol. The molecule has 2 aliphatic rings. The molecule has 2 heterocycles. The summed E-state index contributed by atoms with van der Waals surface area (Å²) in [6.07, 6.45) is 4.07. The van der Waals surface area contributed by atoms with Crippen LogP contribution < -0.4 is 4.74 Å². The first-order chi connectivity index (χ1) is 8.51. The Morgan fingerprint density at radius 2 is 2.00 bits per heavy atom. The van der Waals surface area contributed by atoms with E-state index in [1.165, 1.54) is 12.3 Å². The van der Waals surface area contributed by atoms with Gasteiger partial charge < -0.3 is 9.47 Å². The van der Waals surface area contributed by atoms with Crippen molar-refractivity contribution in [1.82, 2.24) is 0 Å². The van der Waals surface area contributed by atoms with Gasteiger partial charge in [-0.2, -0.15) is 0 Å². The van der Waals surface area contributed by atoms with Crippen molar-refractivity contribution in [1.29, 1.82) is 0 Å². The SMILES string of the molecule is CC1(C)CC2(CC(=O)C=CO2)c2ccccc2O1. The Morgan fingerprint density at radius 3 is 2.78 bits per heavy atom. The van der Waals surface area contributed by atoms with E-state index >= 15 is 0 Å². The number of carbonyl (C=O) groups is 1. The van der Waals surface area contributed by atoms with E-state index in [2.05, 4.69) is 0 Å². The first kappa shape index (κ1) is 11.3. The van der Waals surface area contributed by atoms with Crippen molar-refractivity contribution >= 4 is 5.78 Å². The lowest BCUT2D eigenvalue weighted by Gasteiger charge is -2.45. The van der Waals surface area contributed by atoms with Crippen molar-refractivity contribution in [2.45, 2.75) is 37.9 Å². The number of para-hydroxylation sites is 1. The fourth-order valence-corrected chi connectivity index (χ4v) is 2.93. The van der Waals surface area contributed by atoms with E-state index in [-0.39, 0.29) is 11.4 Å². The molecule has 94 valence electrons. The molecule has 0 aromatic heterocycles. The number of carbonyl (C=O) groups excluding carboxylic acids is 1. The zero-order chi connectivity index (χ0) is 12.8. The molecular weight excluding hydrogens is 228 g/mol. The van der Waals surface area contributed by atoms with Crippen molar-refractivity contribution in [2.75, 3.05) is 0 Å². The topological polar surface area (TPSA) is 35.5 Å². The van der Waals surface area contributed by atoms with Crippen molar-refractivity contribution in [3.05, 3.63) is 42.2 Å². The van der Waals surface area contributed by atoms with E-state index in [1.807, 2.05) is 38.1 Å². The minimum absolute atomic E-state index is 0.105. The Balaban J connectivity index is 2.14. The van der Waals surface area contributed by atoms with Crippen LogP contribution in [0, 0.1) is 0 Å². The largest absolute Gasteiger partial charge is 0.489 e. The van der Waals surface area contributed by atoms with Crippen LogP contribution >= 0.6 is 0 Å². The minimum atomic E-state index is -0.565. The third-order valence-electron chi connectivity index (χ3n) is 3.48. The third kappa shape index (κ3) is 1.70. The summed E-state index contributed by atoms with van der Waals surface area (Å²) in [6, 6.07) is 7.81. The smallest absolute Gasteiger partial charge is 0.163 e. The number of fused-ring (bicyclic) bond motifs is 2. The normalized spacial score (nSPS) is 28.4. The summed E-state index contributed by atoms with van der Waals surface area (Å²) in [7, 11) is 0. The second-order valence-electron chi connectivity index (χ2n) is 5.59. The van der Waals surface area contributed by atoms with Gasteiger partial charge in [-0.3, -0.25) is 4.79 Å². The van der Waals surface area contributed by atoms with Crippen molar-refractivity contribution in [3.8, 4) is 5.75 Å². The molecule has 0 radical (unpaired) electrons. The number of benzene rings is 1. The number of hydrogen-bond donors (Lipinski definition) is 0. The molecule has 1 unspecified atom stereocenters. The molecule has 0 amide bonds. The molecule has 18 heavy (non-hydrogen) atoms. The van der Waals surface area contributed by atoms with Gasteiger partial charge in [0.25, 0.3) is 0 Å². The van der Waals surface area contributed by atoms with Gasteiger partial charge >= 0.3 is 0 Å². The van der Waals surface area contributed by atoms with Gasteiger partial charge in [0.15, 0.2) is 5.78 Å². The maximum atomic E-state index is 11.7. The van der Waals surface area contributed by atoms with Gasteiger partial charge in [0.2, 0.25) is 0 Å². The monoisotopic (exact) mass is 244 g/mol. The van der Waals surface area contributed by atoms with Gasteiger partial charge in [-0.05, 0) is 19.9 Å². The summed E-state index contributed by atoms with van der Waals surface area (Å²) in [4.78, 5) is 11.7. The molecule has 3 heteroatoms. The van der Waals surface area contributed by atoms with Crippen molar-refractivity contribution in [3.63, 3.8) is 0 Å². The molecular formula is C15H16O3. The Kier molecular flexibility index (Phi) is 2.27. The summed E-state index contributed by atoms with van der Waals surface area (Å²) in [5.74, 6) is 0.922. The van der Waals surface area contributed by atoms with Crippen LogP contribution in [-0.4, -0.2) is 11.4 Å². The van der Waals surface area contributed by atoms with Crippen LogP contribution in [0.4, 0.5) is 0 Å². The number of allylic oxidation sites excluding steroid dienone is 1. The molecule has 0 bridgehead atoms. The van der Waals surface area contributed by atoms with Gasteiger partial charge in [-0.1, -0.05) is 18.2 Å². The average Bonchev–Trinajstić information content (AvgIpc) is 2.27. The standard InChI is InChI=1S/C15H16O3/c1-14(2)10-15(9-11(16)7-8-17-15)12-5-3-4-6-13(12)18-14/h3-8H,9-10H2,1-2H3. The van der Waals surface area contributed by atoms with Crippen molar-refractivity contribution < 1.29 is 14.3 Å². The van der Waals surface area contributed by atoms with E-state index < -0.39 is 5.60 Å². The summed E-state index contributed by atoms with van der Waals surface area (Å²) in [6.45, 7) is 4.05. The molecule has 2 aliphatic heterocycles. The zero-order valence-electron chi connectivity index (χ0n) is 10.6. The van der Waals surface area contributed by atoms with Crippen LogP contribution in [0.2, 0.25) is 0 Å². The molecule has 3 nitrogen and oxygen atoms in total. The molecule has 1 aromatic carbocycles. The highest BCUT2D eigenvalue weighted by molar-refractivity contribution is 5.91. The second-order valence-corrected chi connectivity index (χ2v) is 5.59. The Labute approximate surface area is 106 Å². The minimum Gasteiger partial charge on any atom is -0.489 e. The van der Waals surface area contributed by atoms with Crippen molar-refractivity contribution in [2.24, 2.45) is 0 Å². The molecule has 1 aromatic rings. The van der Waals surface area contributed by atoms with Crippen LogP contribution in [0.3, 0.4) is 0 Å². The maximum Gasteiger partial charge on any atom is 0.163 e. The van der Waals surface area contributed by atoms with Gasteiger partial charge in [0.05, 0.1) is 12.7 Å². The van der Waals surface area contributed by atoms with Gasteiger partial charge in [0.1, 0.15) is 17.0 Å². The summed E-state index contributed by atoms with van der Waals surface area (Å²) < 4.78 is 11.8. The van der Waals surface area contributed by atoms with E-state index in [0.717, 1.165) is 11.3 Å². The second kappa shape index (κ2) is 3.61. The molecule has 0 saturated heterocycles. The number of rotatable bonds is 0. The van der Waals surface area contributed by atoms with E-state index in [9.17, 15) is 4.79 Å². The Hall–Kier alpha value is -1.77. The fourth-order valence-electron chi connectivity index (χ4n) is 2.93. The first-order valence-electron chi connectivity index (χ1n) is 6.17. The number of ketones is 1. The highest BCUT2D eigenvalue weighted by Gasteiger charge is 2.48. The van der Waals surface area contributed by atoms with Crippen LogP contribution in [0.5, 0.6) is 5.75 Å². The van der Waals surface area contributed by atoms with Gasteiger partial charge in [-0.15, -0.1) is 0 Å². The molecule has 1 atom stereocenters. The zero-order valence-corrected chi connectivity index (χ0v) is 10.6. The van der Waals surface area contributed by atoms with Crippen LogP contribution in [0.1, 0.15) is 32.3 Å². The summed E-state index contributed by atoms with van der Waals surface area (Å²) in [5.41, 5.74) is 0.0753. The Morgan fingerprint density at radius 1 is 1.22 bits per heavy atom. The first-order valence-corrected chi connectivity index (χ1v) is 6.17. The molecule has 0 N–H and O–H groups in total. The maximum absolute atomic E-state index is 11.7. The van der Waals surface area contributed by atoms with Crippen LogP contribution in [0.15, 0.2) is 36.6 Å². The molecule has 0 aliphatic carbocycles. The lowest BCUT2D eigenvalue weighted by atomic mass is 9.76. The molecule has 1 spiro atoms. The van der Waals surface area contributed by atoms with E-state index in [0.29, 0.717) is 12.8 Å². The summed E-state index contributed by atoms with van der Waals surface area (Å²) >= 11 is 0.